The fourth-order valence-corrected chi connectivity index (χ4v) is 3.04. The van der Waals surface area contributed by atoms with Gasteiger partial charge in [0.15, 0.2) is 0 Å². The highest BCUT2D eigenvalue weighted by Gasteiger charge is 2.23. The highest BCUT2D eigenvalue weighted by Crippen LogP contribution is 2.24. The van der Waals surface area contributed by atoms with Crippen molar-refractivity contribution in [2.75, 3.05) is 11.9 Å². The van der Waals surface area contributed by atoms with E-state index in [1.807, 2.05) is 0 Å². The van der Waals surface area contributed by atoms with Gasteiger partial charge in [0.05, 0.1) is 34.4 Å². The first-order chi connectivity index (χ1) is 12.5. The molecule has 0 aliphatic rings. The second-order valence-electron chi connectivity index (χ2n) is 5.85. The van der Waals surface area contributed by atoms with Gasteiger partial charge < -0.3 is 9.94 Å². The van der Waals surface area contributed by atoms with Gasteiger partial charge in [-0.1, -0.05) is 0 Å². The van der Waals surface area contributed by atoms with Crippen LogP contribution >= 0.6 is 11.3 Å². The molecule has 0 unspecified atom stereocenters. The van der Waals surface area contributed by atoms with E-state index in [4.69, 9.17) is 4.74 Å². The van der Waals surface area contributed by atoms with Crippen molar-refractivity contribution >= 4 is 34.3 Å². The monoisotopic (exact) mass is 377 g/mol. The minimum absolute atomic E-state index is 0.0652. The first kappa shape index (κ1) is 17.8. The summed E-state index contributed by atoms with van der Waals surface area (Å²) in [6, 6.07) is 5.11. The van der Waals surface area contributed by atoms with Crippen LogP contribution in [-0.4, -0.2) is 33.9 Å². The number of fused-ring (bicyclic) bond motifs is 1. The Kier molecular flexibility index (Phi) is 5.12. The maximum Gasteiger partial charge on any atom is 0.449 e. The molecule has 2 aromatic heterocycles. The summed E-state index contributed by atoms with van der Waals surface area (Å²) in [6.45, 7) is 3.74. The molecule has 3 aromatic rings. The van der Waals surface area contributed by atoms with Crippen molar-refractivity contribution in [3.8, 4) is 10.4 Å². The third-order valence-electron chi connectivity index (χ3n) is 3.55. The molecule has 0 aliphatic heterocycles. The van der Waals surface area contributed by atoms with Crippen LogP contribution in [0.25, 0.3) is 21.5 Å². The number of thiazole rings is 1. The molecule has 0 atom stereocenters. The summed E-state index contributed by atoms with van der Waals surface area (Å²) in [5, 5.41) is 15.7. The number of aromatic amines is 1. The van der Waals surface area contributed by atoms with E-state index in [1.165, 1.54) is 11.3 Å². The van der Waals surface area contributed by atoms with Gasteiger partial charge in [0, 0.05) is 22.9 Å². The number of nitrogens with one attached hydrogen (secondary N) is 2. The molecule has 0 fully saturated rings. The van der Waals surface area contributed by atoms with Crippen LogP contribution in [0.3, 0.4) is 0 Å². The van der Waals surface area contributed by atoms with E-state index in [0.29, 0.717) is 10.1 Å². The first-order valence-corrected chi connectivity index (χ1v) is 8.90. The summed E-state index contributed by atoms with van der Waals surface area (Å²) in [5.41, 5.74) is 3.12. The number of carbonyl (C=O) groups is 1. The largest absolute Gasteiger partial charge is 0.463 e. The number of esters is 1. The van der Waals surface area contributed by atoms with Crippen molar-refractivity contribution in [3.63, 3.8) is 0 Å². The molecule has 136 valence electrons. The number of carbonyl (C=O) groups excluding carboxylic acids is 1. The van der Waals surface area contributed by atoms with Crippen molar-refractivity contribution in [2.45, 2.75) is 26.4 Å². The van der Waals surface area contributed by atoms with Gasteiger partial charge in [0.25, 0.3) is 0 Å². The Morgan fingerprint density at radius 1 is 1.42 bits per heavy atom. The molecule has 0 saturated heterocycles. The van der Waals surface area contributed by atoms with Crippen molar-refractivity contribution < 1.29 is 24.0 Å². The van der Waals surface area contributed by atoms with Crippen LogP contribution in [-0.2, 0) is 9.53 Å². The summed E-state index contributed by atoms with van der Waals surface area (Å²) in [7, 11) is 0. The zero-order chi connectivity index (χ0) is 18.7. The summed E-state index contributed by atoms with van der Waals surface area (Å²) in [5.74, 6) is -0.294. The average Bonchev–Trinajstić information content (AvgIpc) is 3.12. The van der Waals surface area contributed by atoms with Gasteiger partial charge in [-0.05, 0) is 30.7 Å². The van der Waals surface area contributed by atoms with E-state index in [1.54, 1.807) is 43.8 Å². The Labute approximate surface area is 152 Å². The van der Waals surface area contributed by atoms with E-state index in [2.05, 4.69) is 15.4 Å². The lowest BCUT2D eigenvalue weighted by Crippen LogP contribution is -2.42. The molecule has 1 aromatic carbocycles. The molecule has 0 spiro atoms. The Hall–Kier alpha value is -3.01. The molecule has 3 rings (SSSR count). The molecular weight excluding hydrogens is 358 g/mol. The van der Waals surface area contributed by atoms with Crippen LogP contribution < -0.4 is 14.6 Å². The zero-order valence-corrected chi connectivity index (χ0v) is 15.1. The quantitative estimate of drug-likeness (QED) is 0.341. The van der Waals surface area contributed by atoms with E-state index in [9.17, 15) is 14.9 Å². The SMILES string of the molecule is CC(C)OC(=O)CCNc1[nH][n+](=O)c2cc(-c3cncs3)ccc2[n+]1O. The molecule has 0 saturated carbocycles. The predicted molar refractivity (Wildman–Crippen MR) is 94.5 cm³/mol. The standard InChI is InChI=1S/C16H18N5O4S/c1-10(2)25-15(22)5-6-18-16-19-21(24)13-7-11(14-8-17-9-26-14)3-4-12(13)20(16)23/h3-4,7-10,23H,5-6H2,1-2H3,(H,18,19,24)/q+1/p+1. The Bertz CT molecular complexity index is 984. The highest BCUT2D eigenvalue weighted by molar-refractivity contribution is 7.13. The van der Waals surface area contributed by atoms with Gasteiger partial charge in [0.1, 0.15) is 0 Å². The van der Waals surface area contributed by atoms with E-state index < -0.39 is 0 Å². The molecule has 0 bridgehead atoms. The number of anilines is 1. The van der Waals surface area contributed by atoms with Crippen molar-refractivity contribution in [3.05, 3.63) is 34.8 Å². The maximum absolute atomic E-state index is 12.3. The molecule has 10 heteroatoms. The Morgan fingerprint density at radius 2 is 2.23 bits per heavy atom. The molecule has 0 aliphatic carbocycles. The number of benzene rings is 1. The molecule has 0 amide bonds. The van der Waals surface area contributed by atoms with Crippen LogP contribution in [0.2, 0.25) is 0 Å². The van der Waals surface area contributed by atoms with Gasteiger partial charge in [-0.15, -0.1) is 11.3 Å². The third kappa shape index (κ3) is 3.80. The number of hydrogen-bond acceptors (Lipinski definition) is 7. The van der Waals surface area contributed by atoms with Crippen LogP contribution in [0.5, 0.6) is 0 Å². The van der Waals surface area contributed by atoms with Gasteiger partial charge in [-0.25, -0.2) is 0 Å². The number of nitrogens with zero attached hydrogens (tertiary/aromatic N) is 3. The number of aromatic nitrogens is 4. The molecule has 26 heavy (non-hydrogen) atoms. The lowest BCUT2D eigenvalue weighted by molar-refractivity contribution is -0.881. The second-order valence-corrected chi connectivity index (χ2v) is 6.74. The summed E-state index contributed by atoms with van der Waals surface area (Å²) < 4.78 is 6.43. The zero-order valence-electron chi connectivity index (χ0n) is 14.3. The van der Waals surface area contributed by atoms with Gasteiger partial charge in [0.2, 0.25) is 10.1 Å². The smallest absolute Gasteiger partial charge is 0.449 e. The average molecular weight is 377 g/mol. The minimum atomic E-state index is -0.359. The lowest BCUT2D eigenvalue weighted by atomic mass is 10.2. The molecular formula is C16H19N5O4S+2. The first-order valence-electron chi connectivity index (χ1n) is 8.02. The minimum Gasteiger partial charge on any atom is -0.463 e. The predicted octanol–water partition coefficient (Wildman–Crippen LogP) is 1.48. The summed E-state index contributed by atoms with van der Waals surface area (Å²) in [6.07, 6.45) is 1.63. The Balaban J connectivity index is 1.83. The fourth-order valence-electron chi connectivity index (χ4n) is 2.42. The van der Waals surface area contributed by atoms with E-state index in [0.717, 1.165) is 15.2 Å². The topological polar surface area (TPSA) is 114 Å². The fraction of sp³-hybridized carbons (Fsp3) is 0.312. The number of hydrogen-bond donors (Lipinski definition) is 3. The Morgan fingerprint density at radius 3 is 2.92 bits per heavy atom. The van der Waals surface area contributed by atoms with Gasteiger partial charge in [-0.2, -0.15) is 0 Å². The molecule has 0 radical (unpaired) electrons. The van der Waals surface area contributed by atoms with Crippen LogP contribution in [0.1, 0.15) is 20.3 Å². The molecule has 9 nitrogen and oxygen atoms in total. The number of ether oxygens (including phenoxy) is 1. The van der Waals surface area contributed by atoms with Crippen LogP contribution in [0, 0.1) is 4.91 Å². The van der Waals surface area contributed by atoms with Crippen molar-refractivity contribution in [1.29, 1.82) is 0 Å². The van der Waals surface area contributed by atoms with Gasteiger partial charge >= 0.3 is 17.4 Å². The summed E-state index contributed by atoms with van der Waals surface area (Å²) in [4.78, 5) is 28.8. The van der Waals surface area contributed by atoms with Crippen molar-refractivity contribution in [1.82, 2.24) is 10.1 Å². The van der Waals surface area contributed by atoms with E-state index >= 15 is 0 Å². The molecule has 2 heterocycles. The van der Waals surface area contributed by atoms with E-state index in [-0.39, 0.29) is 36.5 Å². The maximum atomic E-state index is 12.3. The van der Waals surface area contributed by atoms with Crippen LogP contribution in [0.15, 0.2) is 29.9 Å². The van der Waals surface area contributed by atoms with Crippen LogP contribution in [0.4, 0.5) is 5.95 Å². The normalized spacial score (nSPS) is 11.0. The van der Waals surface area contributed by atoms with Gasteiger partial charge in [-0.3, -0.25) is 15.1 Å². The third-order valence-corrected chi connectivity index (χ3v) is 4.37. The number of rotatable bonds is 6. The second kappa shape index (κ2) is 7.48. The highest BCUT2D eigenvalue weighted by atomic mass is 32.1. The lowest BCUT2D eigenvalue weighted by Gasteiger charge is -2.06. The molecule has 3 N–H and O–H groups in total. The number of H-pyrrole nitrogens is 1. The summed E-state index contributed by atoms with van der Waals surface area (Å²) >= 11 is 1.46. The van der Waals surface area contributed by atoms with Crippen molar-refractivity contribution in [2.24, 2.45) is 0 Å².